The molecule has 1 saturated carbocycles. The fourth-order valence-electron chi connectivity index (χ4n) is 4.14. The highest BCUT2D eigenvalue weighted by Crippen LogP contribution is 2.35. The number of hydrogen-bond acceptors (Lipinski definition) is 5. The number of halogens is 3. The zero-order valence-electron chi connectivity index (χ0n) is 19.9. The molecule has 4 rings (SSSR count). The lowest BCUT2D eigenvalue weighted by atomic mass is 9.87. The van der Waals surface area contributed by atoms with Gasteiger partial charge in [0, 0.05) is 17.6 Å². The summed E-state index contributed by atoms with van der Waals surface area (Å²) in [5, 5.41) is 18.2. The van der Waals surface area contributed by atoms with Crippen LogP contribution in [0.3, 0.4) is 0 Å². The van der Waals surface area contributed by atoms with Crippen molar-refractivity contribution in [2.24, 2.45) is 5.92 Å². The van der Waals surface area contributed by atoms with Crippen molar-refractivity contribution < 1.29 is 27.8 Å². The minimum absolute atomic E-state index is 0.0651. The van der Waals surface area contributed by atoms with Crippen molar-refractivity contribution in [3.05, 3.63) is 47.9 Å². The maximum absolute atomic E-state index is 13.0. The number of carbonyl (C=O) groups excluding carboxylic acids is 1. The zero-order valence-corrected chi connectivity index (χ0v) is 19.9. The van der Waals surface area contributed by atoms with Gasteiger partial charge >= 0.3 is 6.18 Å². The summed E-state index contributed by atoms with van der Waals surface area (Å²) in [5.41, 5.74) is -1.76. The van der Waals surface area contributed by atoms with E-state index in [4.69, 9.17) is 9.84 Å². The van der Waals surface area contributed by atoms with Crippen molar-refractivity contribution in [2.75, 3.05) is 11.9 Å². The molecule has 10 heteroatoms. The van der Waals surface area contributed by atoms with Crippen LogP contribution in [-0.4, -0.2) is 38.0 Å². The van der Waals surface area contributed by atoms with E-state index in [0.29, 0.717) is 11.4 Å². The molecule has 3 aromatic rings. The van der Waals surface area contributed by atoms with Crippen LogP contribution in [0.15, 0.2) is 36.5 Å². The third-order valence-corrected chi connectivity index (χ3v) is 6.08. The molecule has 7 nitrogen and oxygen atoms in total. The molecule has 188 valence electrons. The van der Waals surface area contributed by atoms with Gasteiger partial charge in [0.2, 0.25) is 0 Å². The number of aromatic nitrogens is 3. The van der Waals surface area contributed by atoms with E-state index in [0.717, 1.165) is 43.2 Å². The number of pyridine rings is 1. The Morgan fingerprint density at radius 3 is 2.57 bits per heavy atom. The number of nitrogens with zero attached hydrogens (tertiary/aromatic N) is 3. The van der Waals surface area contributed by atoms with E-state index in [9.17, 15) is 23.1 Å². The van der Waals surface area contributed by atoms with Gasteiger partial charge in [-0.05, 0) is 63.6 Å². The second kappa shape index (κ2) is 9.49. The molecule has 2 N–H and O–H groups in total. The molecule has 0 unspecified atom stereocenters. The molecule has 1 aromatic carbocycles. The predicted octanol–water partition coefficient (Wildman–Crippen LogP) is 5.60. The van der Waals surface area contributed by atoms with Crippen LogP contribution in [0.5, 0.6) is 5.75 Å². The summed E-state index contributed by atoms with van der Waals surface area (Å²) in [5.74, 6) is 0.143. The number of benzene rings is 1. The van der Waals surface area contributed by atoms with E-state index >= 15 is 0 Å². The molecular weight excluding hydrogens is 461 g/mol. The highest BCUT2D eigenvalue weighted by molar-refractivity contribution is 6.05. The Hall–Kier alpha value is -3.14. The maximum atomic E-state index is 13.0. The van der Waals surface area contributed by atoms with Crippen LogP contribution in [0.4, 0.5) is 18.9 Å². The van der Waals surface area contributed by atoms with E-state index in [1.807, 2.05) is 10.9 Å². The second-order valence-electron chi connectivity index (χ2n) is 9.89. The van der Waals surface area contributed by atoms with Crippen LogP contribution in [0.25, 0.3) is 10.9 Å². The summed E-state index contributed by atoms with van der Waals surface area (Å²) < 4.78 is 46.8. The highest BCUT2D eigenvalue weighted by atomic mass is 19.4. The summed E-state index contributed by atoms with van der Waals surface area (Å²) >= 11 is 0. The fourth-order valence-corrected chi connectivity index (χ4v) is 4.14. The number of rotatable bonds is 6. The van der Waals surface area contributed by atoms with Gasteiger partial charge in [0.15, 0.2) is 0 Å². The molecule has 0 aliphatic heterocycles. The van der Waals surface area contributed by atoms with Gasteiger partial charge < -0.3 is 15.2 Å². The van der Waals surface area contributed by atoms with Gasteiger partial charge in [0.05, 0.1) is 22.8 Å². The molecule has 1 aliphatic rings. The molecular formula is C25H29F3N4O3. The molecule has 0 saturated heterocycles. The van der Waals surface area contributed by atoms with Gasteiger partial charge in [-0.1, -0.05) is 13.0 Å². The fraction of sp³-hybridized carbons (Fsp3) is 0.480. The summed E-state index contributed by atoms with van der Waals surface area (Å²) in [4.78, 5) is 16.3. The largest absolute Gasteiger partial charge is 0.488 e. The second-order valence-corrected chi connectivity index (χ2v) is 9.89. The summed E-state index contributed by atoms with van der Waals surface area (Å²) in [6.07, 6.45) is 1.57. The molecule has 0 spiro atoms. The molecule has 2 heterocycles. The number of amides is 1. The first-order valence-corrected chi connectivity index (χ1v) is 11.6. The third-order valence-electron chi connectivity index (χ3n) is 6.08. The van der Waals surface area contributed by atoms with Gasteiger partial charge in [-0.15, -0.1) is 0 Å². The lowest BCUT2D eigenvalue weighted by Crippen LogP contribution is -2.28. The first-order chi connectivity index (χ1) is 16.4. The average Bonchev–Trinajstić information content (AvgIpc) is 3.19. The molecule has 2 aromatic heterocycles. The molecule has 1 fully saturated rings. The number of anilines is 1. The van der Waals surface area contributed by atoms with Crippen LogP contribution < -0.4 is 10.1 Å². The number of alkyl halides is 3. The molecule has 35 heavy (non-hydrogen) atoms. The molecule has 0 atom stereocenters. The Balaban J connectivity index is 1.65. The number of aliphatic hydroxyl groups is 1. The van der Waals surface area contributed by atoms with Crippen molar-refractivity contribution in [1.29, 1.82) is 0 Å². The Labute approximate surface area is 201 Å². The van der Waals surface area contributed by atoms with Crippen LogP contribution in [0.2, 0.25) is 0 Å². The SMILES string of the molecule is CC1CCC(n2cc3cc(NC(=O)c4cccc(C(F)(F)F)n4)c(OCC(C)(C)O)cc3n2)CC1. The van der Waals surface area contributed by atoms with E-state index in [-0.39, 0.29) is 29.8 Å². The molecule has 0 bridgehead atoms. The standard InChI is InChI=1S/C25H29F3N4O3/c1-15-7-9-17(10-8-15)32-13-16-11-20(21(12-19(16)31-32)35-14-24(2,3)34)30-23(33)18-5-4-6-22(29-18)25(26,27)28/h4-6,11-13,15,17,34H,7-10,14H2,1-3H3,(H,30,33). The predicted molar refractivity (Wildman–Crippen MR) is 125 cm³/mol. The summed E-state index contributed by atoms with van der Waals surface area (Å²) in [6, 6.07) is 6.78. The normalized spacial score (nSPS) is 19.1. The van der Waals surface area contributed by atoms with Gasteiger partial charge in [0.1, 0.15) is 23.7 Å². The smallest absolute Gasteiger partial charge is 0.433 e. The van der Waals surface area contributed by atoms with Gasteiger partial charge in [-0.2, -0.15) is 18.3 Å². The lowest BCUT2D eigenvalue weighted by Gasteiger charge is -2.26. The van der Waals surface area contributed by atoms with E-state index in [1.165, 1.54) is 6.07 Å². The molecule has 1 aliphatic carbocycles. The van der Waals surface area contributed by atoms with Gasteiger partial charge in [-0.25, -0.2) is 4.98 Å². The quantitative estimate of drug-likeness (QED) is 0.469. The number of ether oxygens (including phenoxy) is 1. The average molecular weight is 491 g/mol. The lowest BCUT2D eigenvalue weighted by molar-refractivity contribution is -0.141. The van der Waals surface area contributed by atoms with E-state index in [1.54, 1.807) is 26.0 Å². The Bertz CT molecular complexity index is 1210. The Morgan fingerprint density at radius 2 is 1.91 bits per heavy atom. The van der Waals surface area contributed by atoms with Crippen LogP contribution in [0, 0.1) is 5.92 Å². The third kappa shape index (κ3) is 6.11. The first kappa shape index (κ1) is 25.0. The minimum atomic E-state index is -4.67. The van der Waals surface area contributed by atoms with Crippen molar-refractivity contribution >= 4 is 22.5 Å². The monoisotopic (exact) mass is 490 g/mol. The van der Waals surface area contributed by atoms with E-state index in [2.05, 4.69) is 17.2 Å². The Morgan fingerprint density at radius 1 is 1.20 bits per heavy atom. The number of fused-ring (bicyclic) bond motifs is 1. The van der Waals surface area contributed by atoms with Crippen LogP contribution >= 0.6 is 0 Å². The summed E-state index contributed by atoms with van der Waals surface area (Å²) in [6.45, 7) is 5.34. The minimum Gasteiger partial charge on any atom is -0.488 e. The molecule has 0 radical (unpaired) electrons. The maximum Gasteiger partial charge on any atom is 0.433 e. The van der Waals surface area contributed by atoms with Gasteiger partial charge in [0.25, 0.3) is 5.91 Å². The number of carbonyl (C=O) groups is 1. The van der Waals surface area contributed by atoms with Crippen molar-refractivity contribution in [3.63, 3.8) is 0 Å². The van der Waals surface area contributed by atoms with Crippen molar-refractivity contribution in [3.8, 4) is 5.75 Å². The number of hydrogen-bond donors (Lipinski definition) is 2. The topological polar surface area (TPSA) is 89.3 Å². The van der Waals surface area contributed by atoms with Crippen LogP contribution in [-0.2, 0) is 6.18 Å². The van der Waals surface area contributed by atoms with Crippen LogP contribution in [0.1, 0.15) is 68.7 Å². The highest BCUT2D eigenvalue weighted by Gasteiger charge is 2.33. The Kier molecular flexibility index (Phi) is 6.77. The van der Waals surface area contributed by atoms with Crippen molar-refractivity contribution in [2.45, 2.75) is 64.3 Å². The molecule has 1 amide bonds. The first-order valence-electron chi connectivity index (χ1n) is 11.6. The summed E-state index contributed by atoms with van der Waals surface area (Å²) in [7, 11) is 0. The zero-order chi connectivity index (χ0) is 25.4. The van der Waals surface area contributed by atoms with E-state index < -0.39 is 23.4 Å². The number of nitrogens with one attached hydrogen (secondary N) is 1. The van der Waals surface area contributed by atoms with Crippen molar-refractivity contribution in [1.82, 2.24) is 14.8 Å². The van der Waals surface area contributed by atoms with Gasteiger partial charge in [-0.3, -0.25) is 9.48 Å².